The van der Waals surface area contributed by atoms with Gasteiger partial charge in [-0.25, -0.2) is 8.42 Å². The van der Waals surface area contributed by atoms with Crippen molar-refractivity contribution in [3.63, 3.8) is 0 Å². The zero-order valence-electron chi connectivity index (χ0n) is 15.2. The van der Waals surface area contributed by atoms with Gasteiger partial charge in [0.15, 0.2) is 14.6 Å². The first-order chi connectivity index (χ1) is 12.7. The highest BCUT2D eigenvalue weighted by atomic mass is 32.2. The minimum absolute atomic E-state index is 0.161. The third-order valence-corrected chi connectivity index (χ3v) is 6.45. The molecule has 0 bridgehead atoms. The normalized spacial score (nSPS) is 12.3. The van der Waals surface area contributed by atoms with Gasteiger partial charge in [-0.05, 0) is 55.3 Å². The first-order valence-electron chi connectivity index (χ1n) is 8.14. The predicted molar refractivity (Wildman–Crippen MR) is 108 cm³/mol. The van der Waals surface area contributed by atoms with Crippen LogP contribution >= 0.6 is 11.3 Å². The largest absolute Gasteiger partial charge is 0.305 e. The zero-order valence-corrected chi connectivity index (χ0v) is 16.8. The highest BCUT2D eigenvalue weighted by Gasteiger charge is 2.12. The van der Waals surface area contributed by atoms with Crippen molar-refractivity contribution in [2.45, 2.75) is 25.3 Å². The number of sulfone groups is 1. The molecule has 27 heavy (non-hydrogen) atoms. The van der Waals surface area contributed by atoms with Gasteiger partial charge in [-0.2, -0.15) is 4.99 Å². The molecule has 0 radical (unpaired) electrons. The monoisotopic (exact) mass is 398 g/mol. The molecule has 1 aromatic heterocycles. The van der Waals surface area contributed by atoms with Crippen molar-refractivity contribution in [2.24, 2.45) is 4.99 Å². The smallest absolute Gasteiger partial charge is 0.279 e. The molecule has 138 valence electrons. The predicted octanol–water partition coefficient (Wildman–Crippen LogP) is 3.10. The van der Waals surface area contributed by atoms with Crippen molar-refractivity contribution in [3.8, 4) is 12.3 Å². The Hall–Kier alpha value is -2.69. The van der Waals surface area contributed by atoms with Gasteiger partial charge in [-0.15, -0.1) is 6.42 Å². The summed E-state index contributed by atoms with van der Waals surface area (Å²) in [4.78, 5) is 17.5. The van der Waals surface area contributed by atoms with Crippen molar-refractivity contribution in [2.75, 3.05) is 6.26 Å². The second-order valence-corrected chi connectivity index (χ2v) is 9.31. The minimum Gasteiger partial charge on any atom is -0.305 e. The first kappa shape index (κ1) is 19.1. The number of hydrogen-bond donors (Lipinski definition) is 0. The van der Waals surface area contributed by atoms with E-state index in [1.165, 1.54) is 35.6 Å². The third-order valence-electron chi connectivity index (χ3n) is 4.09. The lowest BCUT2D eigenvalue weighted by Gasteiger charge is -2.03. The lowest BCUT2D eigenvalue weighted by atomic mass is 10.1. The Morgan fingerprint density at radius 2 is 1.89 bits per heavy atom. The summed E-state index contributed by atoms with van der Waals surface area (Å²) in [5.74, 6) is 2.17. The van der Waals surface area contributed by atoms with E-state index in [4.69, 9.17) is 6.42 Å². The standard InChI is InChI=1S/C20H18N2O3S2/c1-5-10-22-17-12-13(2)11-14(3)18(17)26-20(22)21-19(23)15-6-8-16(9-7-15)27(4,24)25/h1,6-9,11-12H,10H2,2-4H3. The molecule has 3 aromatic rings. The summed E-state index contributed by atoms with van der Waals surface area (Å²) in [7, 11) is -3.31. The van der Waals surface area contributed by atoms with E-state index < -0.39 is 15.7 Å². The summed E-state index contributed by atoms with van der Waals surface area (Å²) in [5, 5.41) is 0. The van der Waals surface area contributed by atoms with Gasteiger partial charge in [-0.1, -0.05) is 23.3 Å². The molecule has 0 spiro atoms. The molecule has 0 saturated heterocycles. The molecule has 0 saturated carbocycles. The molecular formula is C20H18N2O3S2. The van der Waals surface area contributed by atoms with Crippen LogP contribution in [0.5, 0.6) is 0 Å². The van der Waals surface area contributed by atoms with Crippen LogP contribution in [-0.4, -0.2) is 25.1 Å². The molecule has 0 aliphatic carbocycles. The summed E-state index contributed by atoms with van der Waals surface area (Å²) in [6.45, 7) is 4.33. The van der Waals surface area contributed by atoms with E-state index in [9.17, 15) is 13.2 Å². The number of aromatic nitrogens is 1. The van der Waals surface area contributed by atoms with Gasteiger partial charge in [0.2, 0.25) is 0 Å². The number of terminal acetylenes is 1. The number of carbonyl (C=O) groups excluding carboxylic acids is 1. The Morgan fingerprint density at radius 3 is 2.48 bits per heavy atom. The summed E-state index contributed by atoms with van der Waals surface area (Å²) in [6, 6.07) is 9.86. The number of rotatable bonds is 3. The molecular weight excluding hydrogens is 380 g/mol. The van der Waals surface area contributed by atoms with Crippen LogP contribution in [0.4, 0.5) is 0 Å². The average Bonchev–Trinajstić information content (AvgIpc) is 2.92. The van der Waals surface area contributed by atoms with E-state index in [1.807, 2.05) is 24.5 Å². The van der Waals surface area contributed by atoms with E-state index in [1.54, 1.807) is 0 Å². The van der Waals surface area contributed by atoms with Crippen LogP contribution in [0.3, 0.4) is 0 Å². The minimum atomic E-state index is -3.31. The lowest BCUT2D eigenvalue weighted by molar-refractivity contribution is 0.0998. The first-order valence-corrected chi connectivity index (χ1v) is 10.8. The van der Waals surface area contributed by atoms with E-state index in [2.05, 4.69) is 17.0 Å². The number of aryl methyl sites for hydroxylation is 2. The highest BCUT2D eigenvalue weighted by Crippen LogP contribution is 2.23. The molecule has 0 atom stereocenters. The van der Waals surface area contributed by atoms with E-state index in [0.717, 1.165) is 27.6 Å². The van der Waals surface area contributed by atoms with Crippen LogP contribution in [0.1, 0.15) is 21.5 Å². The van der Waals surface area contributed by atoms with E-state index in [-0.39, 0.29) is 4.90 Å². The molecule has 0 aliphatic rings. The quantitative estimate of drug-likeness (QED) is 0.637. The van der Waals surface area contributed by atoms with Crippen LogP contribution in [0.15, 0.2) is 46.3 Å². The van der Waals surface area contributed by atoms with Gasteiger partial charge in [0, 0.05) is 11.8 Å². The van der Waals surface area contributed by atoms with Crippen molar-refractivity contribution in [1.82, 2.24) is 4.57 Å². The number of thiazole rings is 1. The Balaban J connectivity index is 2.12. The van der Waals surface area contributed by atoms with Gasteiger partial charge in [0.05, 0.1) is 21.7 Å². The fourth-order valence-electron chi connectivity index (χ4n) is 2.84. The summed E-state index contributed by atoms with van der Waals surface area (Å²) < 4.78 is 26.0. The Kier molecular flexibility index (Phi) is 5.05. The van der Waals surface area contributed by atoms with E-state index in [0.29, 0.717) is 16.9 Å². The maximum atomic E-state index is 12.6. The number of amides is 1. The Morgan fingerprint density at radius 1 is 1.22 bits per heavy atom. The molecule has 1 amide bonds. The summed E-state index contributed by atoms with van der Waals surface area (Å²) >= 11 is 1.41. The third kappa shape index (κ3) is 3.87. The fourth-order valence-corrected chi connectivity index (χ4v) is 4.55. The molecule has 0 N–H and O–H groups in total. The maximum absolute atomic E-state index is 12.6. The summed E-state index contributed by atoms with van der Waals surface area (Å²) in [5.41, 5.74) is 3.49. The molecule has 0 unspecified atom stereocenters. The van der Waals surface area contributed by atoms with Gasteiger partial charge in [0.25, 0.3) is 5.91 Å². The maximum Gasteiger partial charge on any atom is 0.279 e. The Bertz CT molecular complexity index is 1260. The van der Waals surface area contributed by atoms with Crippen LogP contribution < -0.4 is 4.80 Å². The van der Waals surface area contributed by atoms with Gasteiger partial charge < -0.3 is 4.57 Å². The van der Waals surface area contributed by atoms with Crippen molar-refractivity contribution in [1.29, 1.82) is 0 Å². The number of nitrogens with zero attached hydrogens (tertiary/aromatic N) is 2. The van der Waals surface area contributed by atoms with Crippen molar-refractivity contribution in [3.05, 3.63) is 57.9 Å². The molecule has 3 rings (SSSR count). The fraction of sp³-hybridized carbons (Fsp3) is 0.200. The molecule has 0 fully saturated rings. The Labute approximate surface area is 161 Å². The highest BCUT2D eigenvalue weighted by molar-refractivity contribution is 7.90. The lowest BCUT2D eigenvalue weighted by Crippen LogP contribution is -2.16. The summed E-state index contributed by atoms with van der Waals surface area (Å²) in [6.07, 6.45) is 6.63. The number of fused-ring (bicyclic) bond motifs is 1. The van der Waals surface area contributed by atoms with Gasteiger partial charge >= 0.3 is 0 Å². The van der Waals surface area contributed by atoms with Crippen LogP contribution in [-0.2, 0) is 16.4 Å². The van der Waals surface area contributed by atoms with Crippen LogP contribution in [0.2, 0.25) is 0 Å². The molecule has 0 aliphatic heterocycles. The van der Waals surface area contributed by atoms with Crippen molar-refractivity contribution >= 4 is 37.3 Å². The second-order valence-electron chi connectivity index (χ2n) is 6.32. The van der Waals surface area contributed by atoms with Gasteiger partial charge in [-0.3, -0.25) is 4.79 Å². The molecule has 2 aromatic carbocycles. The molecule has 7 heteroatoms. The van der Waals surface area contributed by atoms with Crippen molar-refractivity contribution < 1.29 is 13.2 Å². The zero-order chi connectivity index (χ0) is 19.8. The topological polar surface area (TPSA) is 68.5 Å². The van der Waals surface area contributed by atoms with Crippen LogP contribution in [0.25, 0.3) is 10.2 Å². The van der Waals surface area contributed by atoms with E-state index >= 15 is 0 Å². The van der Waals surface area contributed by atoms with Gasteiger partial charge in [0.1, 0.15) is 0 Å². The average molecular weight is 399 g/mol. The number of benzene rings is 2. The number of hydrogen-bond acceptors (Lipinski definition) is 4. The molecule has 1 heterocycles. The second kappa shape index (κ2) is 7.14. The molecule has 5 nitrogen and oxygen atoms in total. The number of carbonyl (C=O) groups is 1. The van der Waals surface area contributed by atoms with Crippen LogP contribution in [0, 0.1) is 26.2 Å². The SMILES string of the molecule is C#CCn1c(=NC(=O)c2ccc(S(C)(=O)=O)cc2)sc2c(C)cc(C)cc21.